The standard InChI is InChI=1S/C10H21NO/c1-12-9-10(11)7-5-3-2-4-6-8-10/h2-9,11H2,1H3. The van der Waals surface area contributed by atoms with E-state index in [0.29, 0.717) is 0 Å². The van der Waals surface area contributed by atoms with Gasteiger partial charge < -0.3 is 10.5 Å². The minimum atomic E-state index is -0.0187. The van der Waals surface area contributed by atoms with Gasteiger partial charge in [0.05, 0.1) is 6.61 Å². The molecule has 1 fully saturated rings. The Kier molecular flexibility index (Phi) is 4.02. The normalized spacial score (nSPS) is 24.5. The van der Waals surface area contributed by atoms with Crippen molar-refractivity contribution in [2.75, 3.05) is 13.7 Å². The topological polar surface area (TPSA) is 35.2 Å². The molecule has 0 saturated heterocycles. The van der Waals surface area contributed by atoms with Crippen LogP contribution < -0.4 is 5.73 Å². The Bertz CT molecular complexity index is 117. The molecule has 1 saturated carbocycles. The molecule has 0 atom stereocenters. The second-order valence-corrected chi connectivity index (χ2v) is 4.06. The Labute approximate surface area is 75.5 Å². The smallest absolute Gasteiger partial charge is 0.0642 e. The van der Waals surface area contributed by atoms with E-state index in [4.69, 9.17) is 10.5 Å². The lowest BCUT2D eigenvalue weighted by Gasteiger charge is -2.30. The van der Waals surface area contributed by atoms with Crippen LogP contribution >= 0.6 is 0 Å². The SMILES string of the molecule is COCC1(N)CCCCCCC1. The van der Waals surface area contributed by atoms with Gasteiger partial charge in [0.15, 0.2) is 0 Å². The predicted octanol–water partition coefficient (Wildman–Crippen LogP) is 2.07. The highest BCUT2D eigenvalue weighted by atomic mass is 16.5. The fourth-order valence-corrected chi connectivity index (χ4v) is 2.04. The molecule has 0 aromatic heterocycles. The van der Waals surface area contributed by atoms with Crippen LogP contribution in [0.15, 0.2) is 0 Å². The van der Waals surface area contributed by atoms with Crippen LogP contribution in [0.4, 0.5) is 0 Å². The van der Waals surface area contributed by atoms with E-state index < -0.39 is 0 Å². The van der Waals surface area contributed by atoms with Gasteiger partial charge in [-0.05, 0) is 12.8 Å². The molecule has 0 unspecified atom stereocenters. The minimum absolute atomic E-state index is 0.0187. The van der Waals surface area contributed by atoms with Gasteiger partial charge in [-0.3, -0.25) is 0 Å². The van der Waals surface area contributed by atoms with Gasteiger partial charge in [-0.2, -0.15) is 0 Å². The lowest BCUT2D eigenvalue weighted by molar-refractivity contribution is 0.114. The zero-order chi connectivity index (χ0) is 8.86. The fraction of sp³-hybridized carbons (Fsp3) is 1.00. The molecule has 12 heavy (non-hydrogen) atoms. The maximum Gasteiger partial charge on any atom is 0.0642 e. The largest absolute Gasteiger partial charge is 0.383 e. The Hall–Kier alpha value is -0.0800. The molecule has 0 heterocycles. The van der Waals surface area contributed by atoms with E-state index in [1.807, 2.05) is 0 Å². The zero-order valence-electron chi connectivity index (χ0n) is 8.14. The second-order valence-electron chi connectivity index (χ2n) is 4.06. The molecular formula is C10H21NO. The van der Waals surface area contributed by atoms with Crippen molar-refractivity contribution in [2.24, 2.45) is 5.73 Å². The summed E-state index contributed by atoms with van der Waals surface area (Å²) in [5.41, 5.74) is 6.20. The molecular weight excluding hydrogens is 150 g/mol. The summed E-state index contributed by atoms with van der Waals surface area (Å²) in [5, 5.41) is 0. The Morgan fingerprint density at radius 3 is 2.08 bits per heavy atom. The third-order valence-electron chi connectivity index (χ3n) is 2.78. The van der Waals surface area contributed by atoms with Crippen molar-refractivity contribution in [2.45, 2.75) is 50.5 Å². The van der Waals surface area contributed by atoms with Gasteiger partial charge in [-0.25, -0.2) is 0 Å². The predicted molar refractivity (Wildman–Crippen MR) is 51.1 cm³/mol. The average molecular weight is 171 g/mol. The summed E-state index contributed by atoms with van der Waals surface area (Å²) in [4.78, 5) is 0. The van der Waals surface area contributed by atoms with Crippen LogP contribution in [0.3, 0.4) is 0 Å². The number of ether oxygens (including phenoxy) is 1. The van der Waals surface area contributed by atoms with E-state index in [0.717, 1.165) is 19.4 Å². The molecule has 1 aliphatic carbocycles. The average Bonchev–Trinajstić information content (AvgIpc) is 1.99. The van der Waals surface area contributed by atoms with Gasteiger partial charge in [-0.15, -0.1) is 0 Å². The van der Waals surface area contributed by atoms with E-state index in [9.17, 15) is 0 Å². The third-order valence-corrected chi connectivity index (χ3v) is 2.78. The summed E-state index contributed by atoms with van der Waals surface area (Å²) >= 11 is 0. The molecule has 2 heteroatoms. The maximum absolute atomic E-state index is 6.21. The van der Waals surface area contributed by atoms with Crippen LogP contribution in [0.2, 0.25) is 0 Å². The maximum atomic E-state index is 6.21. The lowest BCUT2D eigenvalue weighted by atomic mass is 9.85. The van der Waals surface area contributed by atoms with Crippen molar-refractivity contribution in [3.8, 4) is 0 Å². The van der Waals surface area contributed by atoms with E-state index >= 15 is 0 Å². The first-order valence-corrected chi connectivity index (χ1v) is 5.05. The minimum Gasteiger partial charge on any atom is -0.383 e. The molecule has 0 aliphatic heterocycles. The molecule has 0 spiro atoms. The van der Waals surface area contributed by atoms with Crippen molar-refractivity contribution in [1.82, 2.24) is 0 Å². The molecule has 0 aromatic rings. The summed E-state index contributed by atoms with van der Waals surface area (Å²) in [6.07, 6.45) is 8.93. The van der Waals surface area contributed by atoms with Crippen LogP contribution in [0.5, 0.6) is 0 Å². The first-order chi connectivity index (χ1) is 5.77. The number of hydrogen-bond donors (Lipinski definition) is 1. The van der Waals surface area contributed by atoms with Gasteiger partial charge in [0.1, 0.15) is 0 Å². The molecule has 2 nitrogen and oxygen atoms in total. The second kappa shape index (κ2) is 4.83. The monoisotopic (exact) mass is 171 g/mol. The Morgan fingerprint density at radius 2 is 1.58 bits per heavy atom. The third kappa shape index (κ3) is 3.11. The van der Waals surface area contributed by atoms with Crippen LogP contribution in [-0.4, -0.2) is 19.3 Å². The van der Waals surface area contributed by atoms with Crippen molar-refractivity contribution in [3.63, 3.8) is 0 Å². The quantitative estimate of drug-likeness (QED) is 0.690. The van der Waals surface area contributed by atoms with Gasteiger partial charge in [0.2, 0.25) is 0 Å². The van der Waals surface area contributed by atoms with Crippen molar-refractivity contribution in [3.05, 3.63) is 0 Å². The van der Waals surface area contributed by atoms with Crippen LogP contribution in [0.25, 0.3) is 0 Å². The number of nitrogens with two attached hydrogens (primary N) is 1. The zero-order valence-corrected chi connectivity index (χ0v) is 8.14. The van der Waals surface area contributed by atoms with Crippen molar-refractivity contribution < 1.29 is 4.74 Å². The van der Waals surface area contributed by atoms with E-state index in [-0.39, 0.29) is 5.54 Å². The highest BCUT2D eigenvalue weighted by Crippen LogP contribution is 2.24. The molecule has 72 valence electrons. The Morgan fingerprint density at radius 1 is 1.08 bits per heavy atom. The van der Waals surface area contributed by atoms with Crippen molar-refractivity contribution in [1.29, 1.82) is 0 Å². The van der Waals surface area contributed by atoms with Gasteiger partial charge in [0, 0.05) is 12.6 Å². The van der Waals surface area contributed by atoms with Gasteiger partial charge in [0.25, 0.3) is 0 Å². The molecule has 2 N–H and O–H groups in total. The highest BCUT2D eigenvalue weighted by Gasteiger charge is 2.24. The van der Waals surface area contributed by atoms with Gasteiger partial charge >= 0.3 is 0 Å². The van der Waals surface area contributed by atoms with E-state index in [2.05, 4.69) is 0 Å². The molecule has 0 aromatic carbocycles. The number of methoxy groups -OCH3 is 1. The van der Waals surface area contributed by atoms with E-state index in [1.54, 1.807) is 7.11 Å². The van der Waals surface area contributed by atoms with Crippen LogP contribution in [0.1, 0.15) is 44.9 Å². The van der Waals surface area contributed by atoms with Crippen molar-refractivity contribution >= 4 is 0 Å². The van der Waals surface area contributed by atoms with E-state index in [1.165, 1.54) is 32.1 Å². The summed E-state index contributed by atoms with van der Waals surface area (Å²) in [7, 11) is 1.74. The Balaban J connectivity index is 2.36. The molecule has 0 bridgehead atoms. The summed E-state index contributed by atoms with van der Waals surface area (Å²) in [6, 6.07) is 0. The summed E-state index contributed by atoms with van der Waals surface area (Å²) < 4.78 is 5.16. The summed E-state index contributed by atoms with van der Waals surface area (Å²) in [6.45, 7) is 0.729. The summed E-state index contributed by atoms with van der Waals surface area (Å²) in [5.74, 6) is 0. The molecule has 1 rings (SSSR count). The van der Waals surface area contributed by atoms with Gasteiger partial charge in [-0.1, -0.05) is 32.1 Å². The first kappa shape index (κ1) is 10.0. The number of hydrogen-bond acceptors (Lipinski definition) is 2. The first-order valence-electron chi connectivity index (χ1n) is 5.05. The van der Waals surface area contributed by atoms with Crippen LogP contribution in [-0.2, 0) is 4.74 Å². The molecule has 0 amide bonds. The number of rotatable bonds is 2. The molecule has 0 radical (unpaired) electrons. The lowest BCUT2D eigenvalue weighted by Crippen LogP contribution is -2.44. The fourth-order valence-electron chi connectivity index (χ4n) is 2.04. The highest BCUT2D eigenvalue weighted by molar-refractivity contribution is 4.84. The molecule has 1 aliphatic rings. The van der Waals surface area contributed by atoms with Crippen LogP contribution in [0, 0.1) is 0 Å².